The van der Waals surface area contributed by atoms with E-state index in [0.29, 0.717) is 3.57 Å². The summed E-state index contributed by atoms with van der Waals surface area (Å²) in [5.74, 6) is -0.815. The fourth-order valence-electron chi connectivity index (χ4n) is 1.16. The fraction of sp³-hybridized carbons (Fsp3) is 0.111. The predicted octanol–water partition coefficient (Wildman–Crippen LogP) is 2.49. The number of rotatable bonds is 3. The molecule has 0 aliphatic heterocycles. The standard InChI is InChI=1S/C9H4ClIN2O3/c10-3-8(14)5-1-2-7(11)9(13(15)16)6(5)4-12/h1-2H,3H2. The SMILES string of the molecule is N#Cc1c(C(=O)CCl)ccc(I)c1[N+](=O)[O-]. The Kier molecular flexibility index (Phi) is 4.20. The summed E-state index contributed by atoms with van der Waals surface area (Å²) in [6, 6.07) is 4.46. The zero-order valence-corrected chi connectivity index (χ0v) is 10.7. The summed E-state index contributed by atoms with van der Waals surface area (Å²) in [4.78, 5) is 21.5. The summed E-state index contributed by atoms with van der Waals surface area (Å²) >= 11 is 7.10. The molecule has 0 saturated heterocycles. The zero-order valence-electron chi connectivity index (χ0n) is 7.74. The molecule has 1 aromatic rings. The van der Waals surface area contributed by atoms with Crippen molar-refractivity contribution in [1.82, 2.24) is 0 Å². The van der Waals surface area contributed by atoms with Gasteiger partial charge in [0.25, 0.3) is 0 Å². The van der Waals surface area contributed by atoms with E-state index in [1.165, 1.54) is 12.1 Å². The lowest BCUT2D eigenvalue weighted by Gasteiger charge is -2.03. The third-order valence-electron chi connectivity index (χ3n) is 1.84. The Morgan fingerprint density at radius 2 is 2.25 bits per heavy atom. The maximum atomic E-state index is 11.4. The number of benzene rings is 1. The Hall–Kier alpha value is -1.20. The van der Waals surface area contributed by atoms with Crippen LogP contribution in [0.5, 0.6) is 0 Å². The molecule has 0 aliphatic carbocycles. The predicted molar refractivity (Wildman–Crippen MR) is 65.6 cm³/mol. The molecule has 0 bridgehead atoms. The monoisotopic (exact) mass is 350 g/mol. The van der Waals surface area contributed by atoms with E-state index in [9.17, 15) is 14.9 Å². The molecule has 0 fully saturated rings. The van der Waals surface area contributed by atoms with E-state index in [0.717, 1.165) is 0 Å². The van der Waals surface area contributed by atoms with E-state index < -0.39 is 10.7 Å². The fourth-order valence-corrected chi connectivity index (χ4v) is 1.95. The number of nitro groups is 1. The molecule has 0 aliphatic rings. The average Bonchev–Trinajstić information content (AvgIpc) is 2.26. The Morgan fingerprint density at radius 3 is 2.69 bits per heavy atom. The van der Waals surface area contributed by atoms with Crippen molar-refractivity contribution in [2.24, 2.45) is 0 Å². The minimum absolute atomic E-state index is 0.00961. The van der Waals surface area contributed by atoms with Crippen LogP contribution < -0.4 is 0 Å². The largest absolute Gasteiger partial charge is 0.301 e. The Bertz CT molecular complexity index is 510. The molecule has 0 unspecified atom stereocenters. The summed E-state index contributed by atoms with van der Waals surface area (Å²) in [6.45, 7) is 0. The van der Waals surface area contributed by atoms with Crippen molar-refractivity contribution < 1.29 is 9.72 Å². The van der Waals surface area contributed by atoms with Gasteiger partial charge in [-0.2, -0.15) is 5.26 Å². The number of nitro benzene ring substituents is 1. The van der Waals surface area contributed by atoms with Gasteiger partial charge in [0.1, 0.15) is 11.6 Å². The molecule has 0 heterocycles. The lowest BCUT2D eigenvalue weighted by molar-refractivity contribution is -0.386. The third-order valence-corrected chi connectivity index (χ3v) is 2.96. The summed E-state index contributed by atoms with van der Waals surface area (Å²) < 4.78 is 0.310. The smallest absolute Gasteiger partial charge is 0.293 e. The van der Waals surface area contributed by atoms with Gasteiger partial charge in [0.05, 0.1) is 14.4 Å². The molecule has 7 heteroatoms. The lowest BCUT2D eigenvalue weighted by Crippen LogP contribution is -2.07. The number of alkyl halides is 1. The quantitative estimate of drug-likeness (QED) is 0.276. The molecule has 1 aromatic carbocycles. The number of hydrogen-bond acceptors (Lipinski definition) is 4. The van der Waals surface area contributed by atoms with Gasteiger partial charge in [-0.05, 0) is 34.7 Å². The first-order valence-corrected chi connectivity index (χ1v) is 5.60. The molecule has 1 rings (SSSR count). The molecule has 5 nitrogen and oxygen atoms in total. The first kappa shape index (κ1) is 12.9. The van der Waals surface area contributed by atoms with Crippen LogP contribution in [0.25, 0.3) is 0 Å². The highest BCUT2D eigenvalue weighted by Gasteiger charge is 2.24. The Morgan fingerprint density at radius 1 is 1.62 bits per heavy atom. The lowest BCUT2D eigenvalue weighted by atomic mass is 10.0. The van der Waals surface area contributed by atoms with Gasteiger partial charge in [-0.3, -0.25) is 14.9 Å². The number of ketones is 1. The number of nitriles is 1. The van der Waals surface area contributed by atoms with Crippen LogP contribution in [-0.4, -0.2) is 16.6 Å². The molecule has 0 N–H and O–H groups in total. The van der Waals surface area contributed by atoms with Gasteiger partial charge in [-0.25, -0.2) is 0 Å². The molecule has 0 saturated carbocycles. The van der Waals surface area contributed by atoms with Crippen molar-refractivity contribution in [3.63, 3.8) is 0 Å². The Balaban J connectivity index is 3.57. The van der Waals surface area contributed by atoms with Crippen LogP contribution in [0, 0.1) is 25.0 Å². The second-order valence-electron chi connectivity index (χ2n) is 2.74. The van der Waals surface area contributed by atoms with Crippen LogP contribution in [0.4, 0.5) is 5.69 Å². The number of Topliss-reactive ketones (excluding diaryl/α,β-unsaturated/α-hetero) is 1. The van der Waals surface area contributed by atoms with Crippen LogP contribution >= 0.6 is 34.2 Å². The van der Waals surface area contributed by atoms with Crippen molar-refractivity contribution in [2.45, 2.75) is 0 Å². The highest BCUT2D eigenvalue weighted by atomic mass is 127. The normalized spacial score (nSPS) is 9.56. The van der Waals surface area contributed by atoms with Gasteiger partial charge >= 0.3 is 5.69 Å². The van der Waals surface area contributed by atoms with E-state index in [-0.39, 0.29) is 22.7 Å². The van der Waals surface area contributed by atoms with Crippen molar-refractivity contribution in [1.29, 1.82) is 5.26 Å². The molecule has 16 heavy (non-hydrogen) atoms. The second kappa shape index (κ2) is 5.23. The molecule has 0 spiro atoms. The molecule has 82 valence electrons. The molecular formula is C9H4ClIN2O3. The number of carbonyl (C=O) groups is 1. The number of hydrogen-bond donors (Lipinski definition) is 0. The number of carbonyl (C=O) groups excluding carboxylic acids is 1. The minimum Gasteiger partial charge on any atom is -0.293 e. The van der Waals surface area contributed by atoms with Crippen LogP contribution in [0.1, 0.15) is 15.9 Å². The van der Waals surface area contributed by atoms with Gasteiger partial charge in [0, 0.05) is 5.56 Å². The molecular weight excluding hydrogens is 346 g/mol. The van der Waals surface area contributed by atoms with E-state index in [1.54, 1.807) is 28.7 Å². The van der Waals surface area contributed by atoms with E-state index >= 15 is 0 Å². The summed E-state index contributed by atoms with van der Waals surface area (Å²) in [7, 11) is 0. The molecule has 0 aromatic heterocycles. The van der Waals surface area contributed by atoms with Crippen molar-refractivity contribution >= 4 is 45.7 Å². The van der Waals surface area contributed by atoms with Gasteiger partial charge in [-0.15, -0.1) is 11.6 Å². The van der Waals surface area contributed by atoms with Gasteiger partial charge in [-0.1, -0.05) is 0 Å². The Labute approximate surface area is 109 Å². The van der Waals surface area contributed by atoms with Gasteiger partial charge in [0.15, 0.2) is 5.78 Å². The van der Waals surface area contributed by atoms with Crippen molar-refractivity contribution in [2.75, 3.05) is 5.88 Å². The zero-order chi connectivity index (χ0) is 12.3. The van der Waals surface area contributed by atoms with Crippen LogP contribution in [0.2, 0.25) is 0 Å². The van der Waals surface area contributed by atoms with Crippen molar-refractivity contribution in [3.05, 3.63) is 36.9 Å². The highest BCUT2D eigenvalue weighted by molar-refractivity contribution is 14.1. The van der Waals surface area contributed by atoms with Gasteiger partial charge in [0.2, 0.25) is 0 Å². The maximum absolute atomic E-state index is 11.4. The maximum Gasteiger partial charge on any atom is 0.301 e. The molecule has 0 atom stereocenters. The van der Waals surface area contributed by atoms with Crippen molar-refractivity contribution in [3.8, 4) is 6.07 Å². The minimum atomic E-state index is -0.675. The first-order chi connectivity index (χ1) is 7.52. The van der Waals surface area contributed by atoms with Gasteiger partial charge < -0.3 is 0 Å². The molecule has 0 amide bonds. The molecule has 0 radical (unpaired) electrons. The summed E-state index contributed by atoms with van der Waals surface area (Å²) in [5, 5.41) is 19.6. The number of halogens is 2. The number of nitrogens with zero attached hydrogens (tertiary/aromatic N) is 2. The van der Waals surface area contributed by atoms with E-state index in [1.807, 2.05) is 0 Å². The van der Waals surface area contributed by atoms with E-state index in [2.05, 4.69) is 0 Å². The van der Waals surface area contributed by atoms with Crippen LogP contribution in [-0.2, 0) is 0 Å². The second-order valence-corrected chi connectivity index (χ2v) is 4.17. The first-order valence-electron chi connectivity index (χ1n) is 3.99. The van der Waals surface area contributed by atoms with Crippen LogP contribution in [0.3, 0.4) is 0 Å². The van der Waals surface area contributed by atoms with E-state index in [4.69, 9.17) is 16.9 Å². The highest BCUT2D eigenvalue weighted by Crippen LogP contribution is 2.28. The summed E-state index contributed by atoms with van der Waals surface area (Å²) in [6.07, 6.45) is 0. The van der Waals surface area contributed by atoms with Crippen LogP contribution in [0.15, 0.2) is 12.1 Å². The topological polar surface area (TPSA) is 84.0 Å². The third kappa shape index (κ3) is 2.31. The average molecular weight is 350 g/mol. The summed E-state index contributed by atoms with van der Waals surface area (Å²) in [5.41, 5.74) is -0.591.